The lowest BCUT2D eigenvalue weighted by atomic mass is 10.0. The molecular weight excluding hydrogens is 276 g/mol. The second kappa shape index (κ2) is 5.29. The first-order valence-electron chi connectivity index (χ1n) is 4.69. The number of halogens is 1. The molecule has 0 fully saturated rings. The fourth-order valence-corrected chi connectivity index (χ4v) is 2.05. The van der Waals surface area contributed by atoms with Gasteiger partial charge in [0.15, 0.2) is 0 Å². The standard InChI is InChI=1S/C10H13BrN2O3/c11-6-2-1-5(10(15)16)9(14)8(6)7(13)3-4-12/h1-2,7,14H,3-4,12-13H2,(H,15,16)/t7-/m1/s1. The van der Waals surface area contributed by atoms with E-state index in [1.165, 1.54) is 6.07 Å². The summed E-state index contributed by atoms with van der Waals surface area (Å²) in [5.74, 6) is -1.49. The molecule has 0 radical (unpaired) electrons. The first-order chi connectivity index (χ1) is 7.49. The average molecular weight is 289 g/mol. The van der Waals surface area contributed by atoms with E-state index in [1.807, 2.05) is 0 Å². The first kappa shape index (κ1) is 13.0. The molecule has 0 aliphatic rings. The zero-order valence-corrected chi connectivity index (χ0v) is 10.1. The molecule has 0 spiro atoms. The molecule has 0 aliphatic carbocycles. The summed E-state index contributed by atoms with van der Waals surface area (Å²) in [7, 11) is 0. The summed E-state index contributed by atoms with van der Waals surface area (Å²) in [6.45, 7) is 0.365. The molecule has 1 atom stereocenters. The lowest BCUT2D eigenvalue weighted by molar-refractivity contribution is 0.0693. The second-order valence-corrected chi connectivity index (χ2v) is 4.20. The van der Waals surface area contributed by atoms with Crippen molar-refractivity contribution in [1.82, 2.24) is 0 Å². The van der Waals surface area contributed by atoms with Crippen LogP contribution >= 0.6 is 15.9 Å². The average Bonchev–Trinajstić information content (AvgIpc) is 2.17. The maximum Gasteiger partial charge on any atom is 0.339 e. The number of aromatic carboxylic acids is 1. The molecule has 6 N–H and O–H groups in total. The van der Waals surface area contributed by atoms with Crippen LogP contribution < -0.4 is 11.5 Å². The number of phenols is 1. The van der Waals surface area contributed by atoms with Crippen molar-refractivity contribution in [2.45, 2.75) is 12.5 Å². The molecule has 0 aliphatic heterocycles. The van der Waals surface area contributed by atoms with E-state index < -0.39 is 12.0 Å². The SMILES string of the molecule is NCC[C@@H](N)c1c(Br)ccc(C(=O)O)c1O. The van der Waals surface area contributed by atoms with E-state index in [9.17, 15) is 9.90 Å². The number of hydrogen-bond donors (Lipinski definition) is 4. The van der Waals surface area contributed by atoms with Gasteiger partial charge in [0.1, 0.15) is 11.3 Å². The predicted molar refractivity (Wildman–Crippen MR) is 63.4 cm³/mol. The molecule has 1 aromatic rings. The summed E-state index contributed by atoms with van der Waals surface area (Å²) >= 11 is 3.23. The zero-order valence-electron chi connectivity index (χ0n) is 8.48. The number of hydrogen-bond acceptors (Lipinski definition) is 4. The van der Waals surface area contributed by atoms with Crippen LogP contribution in [0.25, 0.3) is 0 Å². The summed E-state index contributed by atoms with van der Waals surface area (Å²) < 4.78 is 0.580. The summed E-state index contributed by atoms with van der Waals surface area (Å²) in [5, 5.41) is 18.7. The van der Waals surface area contributed by atoms with Gasteiger partial charge in [0.2, 0.25) is 0 Å². The number of aromatic hydroxyl groups is 1. The normalized spacial score (nSPS) is 12.4. The number of benzene rings is 1. The number of rotatable bonds is 4. The van der Waals surface area contributed by atoms with E-state index in [1.54, 1.807) is 6.07 Å². The van der Waals surface area contributed by atoms with Crippen LogP contribution in [0.3, 0.4) is 0 Å². The Balaban J connectivity index is 3.26. The topological polar surface area (TPSA) is 110 Å². The minimum atomic E-state index is -1.19. The third-order valence-corrected chi connectivity index (χ3v) is 2.93. The lowest BCUT2D eigenvalue weighted by Gasteiger charge is -2.15. The molecule has 0 aromatic heterocycles. The maximum absolute atomic E-state index is 10.8. The van der Waals surface area contributed by atoms with Gasteiger partial charge >= 0.3 is 5.97 Å². The molecule has 6 heteroatoms. The molecule has 0 unspecified atom stereocenters. The highest BCUT2D eigenvalue weighted by Crippen LogP contribution is 2.34. The number of carbonyl (C=O) groups is 1. The van der Waals surface area contributed by atoms with Crippen LogP contribution in [0.2, 0.25) is 0 Å². The van der Waals surface area contributed by atoms with E-state index in [0.29, 0.717) is 23.0 Å². The maximum atomic E-state index is 10.8. The van der Waals surface area contributed by atoms with Gasteiger partial charge in [-0.3, -0.25) is 0 Å². The quantitative estimate of drug-likeness (QED) is 0.666. The summed E-state index contributed by atoms with van der Waals surface area (Å²) in [6.07, 6.45) is 0.467. The molecule has 0 saturated carbocycles. The van der Waals surface area contributed by atoms with Gasteiger partial charge < -0.3 is 21.7 Å². The van der Waals surface area contributed by atoms with E-state index >= 15 is 0 Å². The first-order valence-corrected chi connectivity index (χ1v) is 5.48. The molecular formula is C10H13BrN2O3. The van der Waals surface area contributed by atoms with Crippen molar-refractivity contribution >= 4 is 21.9 Å². The van der Waals surface area contributed by atoms with Crippen molar-refractivity contribution in [1.29, 1.82) is 0 Å². The van der Waals surface area contributed by atoms with E-state index in [4.69, 9.17) is 16.6 Å². The molecule has 0 amide bonds. The van der Waals surface area contributed by atoms with Gasteiger partial charge in [-0.15, -0.1) is 0 Å². The van der Waals surface area contributed by atoms with Crippen molar-refractivity contribution in [3.8, 4) is 5.75 Å². The van der Waals surface area contributed by atoms with E-state index in [0.717, 1.165) is 0 Å². The van der Waals surface area contributed by atoms with Crippen LogP contribution in [0, 0.1) is 0 Å². The molecule has 88 valence electrons. The Morgan fingerprint density at radius 2 is 2.12 bits per heavy atom. The second-order valence-electron chi connectivity index (χ2n) is 3.35. The van der Waals surface area contributed by atoms with Crippen molar-refractivity contribution in [2.24, 2.45) is 11.5 Å². The van der Waals surface area contributed by atoms with Gasteiger partial charge in [-0.25, -0.2) is 4.79 Å². The predicted octanol–water partition coefficient (Wildman–Crippen LogP) is 1.20. The van der Waals surface area contributed by atoms with Crippen molar-refractivity contribution in [3.05, 3.63) is 27.7 Å². The van der Waals surface area contributed by atoms with Crippen LogP contribution in [-0.4, -0.2) is 22.7 Å². The molecule has 16 heavy (non-hydrogen) atoms. The highest BCUT2D eigenvalue weighted by atomic mass is 79.9. The highest BCUT2D eigenvalue weighted by Gasteiger charge is 2.20. The summed E-state index contributed by atoms with van der Waals surface area (Å²) in [6, 6.07) is 2.38. The van der Waals surface area contributed by atoms with Gasteiger partial charge in [-0.2, -0.15) is 0 Å². The smallest absolute Gasteiger partial charge is 0.339 e. The molecule has 0 saturated heterocycles. The summed E-state index contributed by atoms with van der Waals surface area (Å²) in [4.78, 5) is 10.8. The molecule has 1 rings (SSSR count). The zero-order chi connectivity index (χ0) is 12.3. The van der Waals surface area contributed by atoms with Crippen LogP contribution in [0.1, 0.15) is 28.4 Å². The molecule has 0 bridgehead atoms. The lowest BCUT2D eigenvalue weighted by Crippen LogP contribution is -2.16. The Hall–Kier alpha value is -1.11. The van der Waals surface area contributed by atoms with Gasteiger partial charge in [0, 0.05) is 16.1 Å². The Bertz CT molecular complexity index is 409. The molecule has 0 heterocycles. The third-order valence-electron chi connectivity index (χ3n) is 2.24. The van der Waals surface area contributed by atoms with E-state index in [2.05, 4.69) is 15.9 Å². The van der Waals surface area contributed by atoms with Crippen molar-refractivity contribution in [2.75, 3.05) is 6.54 Å². The Labute approximate surface area is 101 Å². The third kappa shape index (κ3) is 2.52. The van der Waals surface area contributed by atoms with Gasteiger partial charge in [-0.1, -0.05) is 15.9 Å². The minimum Gasteiger partial charge on any atom is -0.507 e. The fraction of sp³-hybridized carbons (Fsp3) is 0.300. The molecule has 1 aromatic carbocycles. The summed E-state index contributed by atoms with van der Waals surface area (Å²) in [5.41, 5.74) is 11.4. The Morgan fingerprint density at radius 1 is 1.50 bits per heavy atom. The van der Waals surface area contributed by atoms with Gasteiger partial charge in [0.05, 0.1) is 0 Å². The van der Waals surface area contributed by atoms with Crippen molar-refractivity contribution < 1.29 is 15.0 Å². The van der Waals surface area contributed by atoms with Crippen LogP contribution in [0.5, 0.6) is 5.75 Å². The van der Waals surface area contributed by atoms with Gasteiger partial charge in [0.25, 0.3) is 0 Å². The van der Waals surface area contributed by atoms with Crippen LogP contribution in [-0.2, 0) is 0 Å². The van der Waals surface area contributed by atoms with Gasteiger partial charge in [-0.05, 0) is 25.1 Å². The number of carboxylic acids is 1. The monoisotopic (exact) mass is 288 g/mol. The minimum absolute atomic E-state index is 0.161. The Kier molecular flexibility index (Phi) is 4.28. The van der Waals surface area contributed by atoms with Crippen molar-refractivity contribution in [3.63, 3.8) is 0 Å². The van der Waals surface area contributed by atoms with E-state index in [-0.39, 0.29) is 11.3 Å². The number of carboxylic acid groups (broad SMARTS) is 1. The number of nitrogens with two attached hydrogens (primary N) is 2. The van der Waals surface area contributed by atoms with Crippen LogP contribution in [0.4, 0.5) is 0 Å². The fourth-order valence-electron chi connectivity index (χ4n) is 1.43. The van der Waals surface area contributed by atoms with Crippen LogP contribution in [0.15, 0.2) is 16.6 Å². The molecule has 5 nitrogen and oxygen atoms in total. The highest BCUT2D eigenvalue weighted by molar-refractivity contribution is 9.10. The largest absolute Gasteiger partial charge is 0.507 e. The Morgan fingerprint density at radius 3 is 2.62 bits per heavy atom.